The lowest BCUT2D eigenvalue weighted by molar-refractivity contribution is 0.0929. The van der Waals surface area contributed by atoms with Crippen molar-refractivity contribution in [1.82, 2.24) is 19.7 Å². The first-order valence-electron chi connectivity index (χ1n) is 7.28. The maximum Gasteiger partial charge on any atom is 0.271 e. The van der Waals surface area contributed by atoms with E-state index in [2.05, 4.69) is 39.1 Å². The summed E-state index contributed by atoms with van der Waals surface area (Å²) in [5, 5.41) is 7.15. The molecule has 1 atom stereocenters. The Labute approximate surface area is 148 Å². The highest BCUT2D eigenvalue weighted by Crippen LogP contribution is 2.18. The summed E-state index contributed by atoms with van der Waals surface area (Å²) < 4.78 is 4.48. The van der Waals surface area contributed by atoms with Crippen LogP contribution in [-0.2, 0) is 7.05 Å². The normalized spacial score (nSPS) is 12.1. The van der Waals surface area contributed by atoms with Gasteiger partial charge in [-0.05, 0) is 59.3 Å². The molecule has 1 unspecified atom stereocenters. The Kier molecular flexibility index (Phi) is 4.51. The van der Waals surface area contributed by atoms with Crippen molar-refractivity contribution in [3.05, 3.63) is 69.8 Å². The maximum absolute atomic E-state index is 12.5. The molecule has 0 radical (unpaired) electrons. The highest BCUT2D eigenvalue weighted by molar-refractivity contribution is 14.1. The fraction of sp³-hybridized carbons (Fsp3) is 0.176. The third kappa shape index (κ3) is 3.31. The number of aryl methyl sites for hydroxylation is 1. The quantitative estimate of drug-likeness (QED) is 0.659. The van der Waals surface area contributed by atoms with Crippen molar-refractivity contribution in [2.24, 2.45) is 7.05 Å². The van der Waals surface area contributed by atoms with Gasteiger partial charge in [0.25, 0.3) is 5.91 Å². The summed E-state index contributed by atoms with van der Waals surface area (Å²) >= 11 is 2.12. The van der Waals surface area contributed by atoms with Crippen LogP contribution in [0.25, 0.3) is 5.69 Å². The van der Waals surface area contributed by atoms with Gasteiger partial charge < -0.3 is 9.88 Å². The smallest absolute Gasteiger partial charge is 0.271 e. The van der Waals surface area contributed by atoms with Crippen LogP contribution in [0.5, 0.6) is 0 Å². The molecule has 1 aromatic carbocycles. The van der Waals surface area contributed by atoms with Crippen molar-refractivity contribution in [3.63, 3.8) is 0 Å². The largest absolute Gasteiger partial charge is 0.344 e. The number of halogens is 1. The van der Waals surface area contributed by atoms with E-state index in [4.69, 9.17) is 0 Å². The molecule has 2 heterocycles. The molecule has 0 saturated carbocycles. The zero-order valence-electron chi connectivity index (χ0n) is 12.9. The van der Waals surface area contributed by atoms with Gasteiger partial charge in [-0.2, -0.15) is 5.10 Å². The third-order valence-electron chi connectivity index (χ3n) is 3.73. The summed E-state index contributed by atoms with van der Waals surface area (Å²) in [6.45, 7) is 1.98. The van der Waals surface area contributed by atoms with Crippen molar-refractivity contribution < 1.29 is 4.79 Å². The van der Waals surface area contributed by atoms with Crippen LogP contribution in [0.1, 0.15) is 29.0 Å². The van der Waals surface area contributed by atoms with E-state index in [1.807, 2.05) is 54.2 Å². The molecule has 1 amide bonds. The Hall–Kier alpha value is -2.09. The summed E-state index contributed by atoms with van der Waals surface area (Å²) in [7, 11) is 1.77. The van der Waals surface area contributed by atoms with Crippen LogP contribution in [0.3, 0.4) is 0 Å². The van der Waals surface area contributed by atoms with Gasteiger partial charge in [-0.3, -0.25) is 9.48 Å². The van der Waals surface area contributed by atoms with E-state index in [-0.39, 0.29) is 11.9 Å². The molecule has 118 valence electrons. The lowest BCUT2D eigenvalue weighted by Crippen LogP contribution is -2.29. The van der Waals surface area contributed by atoms with Crippen LogP contribution in [0, 0.1) is 3.57 Å². The van der Waals surface area contributed by atoms with Gasteiger partial charge in [0.2, 0.25) is 0 Å². The number of aromatic nitrogens is 3. The van der Waals surface area contributed by atoms with E-state index in [0.29, 0.717) is 5.69 Å². The summed E-state index contributed by atoms with van der Waals surface area (Å²) in [4.78, 5) is 12.5. The maximum atomic E-state index is 12.5. The van der Waals surface area contributed by atoms with Crippen LogP contribution >= 0.6 is 22.6 Å². The number of rotatable bonds is 4. The van der Waals surface area contributed by atoms with E-state index in [1.165, 1.54) is 0 Å². The van der Waals surface area contributed by atoms with E-state index in [0.717, 1.165) is 14.8 Å². The zero-order chi connectivity index (χ0) is 16.4. The molecule has 3 aromatic rings. The molecule has 0 aliphatic heterocycles. The average Bonchev–Trinajstić information content (AvgIpc) is 3.17. The predicted octanol–water partition coefficient (Wildman–Crippen LogP) is 3.31. The van der Waals surface area contributed by atoms with E-state index in [9.17, 15) is 4.79 Å². The van der Waals surface area contributed by atoms with Crippen molar-refractivity contribution in [3.8, 4) is 5.69 Å². The van der Waals surface area contributed by atoms with Crippen LogP contribution in [0.4, 0.5) is 0 Å². The van der Waals surface area contributed by atoms with Crippen molar-refractivity contribution in [2.45, 2.75) is 13.0 Å². The van der Waals surface area contributed by atoms with Gasteiger partial charge in [0, 0.05) is 25.1 Å². The Morgan fingerprint density at radius 1 is 1.26 bits per heavy atom. The Bertz CT molecular complexity index is 803. The van der Waals surface area contributed by atoms with Crippen molar-refractivity contribution in [2.75, 3.05) is 0 Å². The molecule has 0 aliphatic carbocycles. The first-order chi connectivity index (χ1) is 11.1. The number of nitrogens with one attached hydrogen (secondary N) is 1. The molecule has 1 N–H and O–H groups in total. The number of carbonyl (C=O) groups is 1. The van der Waals surface area contributed by atoms with Crippen LogP contribution in [0.15, 0.2) is 55.0 Å². The number of nitrogens with zero attached hydrogens (tertiary/aromatic N) is 3. The fourth-order valence-electron chi connectivity index (χ4n) is 2.48. The van der Waals surface area contributed by atoms with Crippen LogP contribution in [0.2, 0.25) is 0 Å². The molecule has 6 heteroatoms. The van der Waals surface area contributed by atoms with E-state index >= 15 is 0 Å². The Morgan fingerprint density at radius 3 is 2.65 bits per heavy atom. The fourth-order valence-corrected chi connectivity index (χ4v) is 3.19. The topological polar surface area (TPSA) is 51.9 Å². The van der Waals surface area contributed by atoms with Gasteiger partial charge in [0.05, 0.1) is 15.8 Å². The minimum atomic E-state index is -0.117. The second-order valence-corrected chi connectivity index (χ2v) is 6.51. The van der Waals surface area contributed by atoms with Crippen LogP contribution < -0.4 is 5.32 Å². The predicted molar refractivity (Wildman–Crippen MR) is 97.6 cm³/mol. The van der Waals surface area contributed by atoms with Gasteiger partial charge in [-0.1, -0.05) is 12.1 Å². The SMILES string of the molecule is CC(NC(=O)c1c(I)cnn1C)c1cccc(-n2cccc2)c1. The lowest BCUT2D eigenvalue weighted by atomic mass is 10.1. The molecule has 0 saturated heterocycles. The average molecular weight is 420 g/mol. The molecule has 2 aromatic heterocycles. The second kappa shape index (κ2) is 6.57. The van der Waals surface area contributed by atoms with E-state index in [1.54, 1.807) is 17.9 Å². The van der Waals surface area contributed by atoms with Gasteiger partial charge in [0.15, 0.2) is 0 Å². The van der Waals surface area contributed by atoms with Gasteiger partial charge in [0.1, 0.15) is 5.69 Å². The highest BCUT2D eigenvalue weighted by atomic mass is 127. The molecule has 0 spiro atoms. The summed E-state index contributed by atoms with van der Waals surface area (Å²) in [6, 6.07) is 12.0. The number of benzene rings is 1. The molecular formula is C17H17IN4O. The second-order valence-electron chi connectivity index (χ2n) is 5.35. The standard InChI is InChI=1S/C17H17IN4O/c1-12(20-17(23)16-15(18)11-19-21(16)2)13-6-5-7-14(10-13)22-8-3-4-9-22/h3-12H,1-2H3,(H,20,23). The number of hydrogen-bond donors (Lipinski definition) is 1. The molecule has 0 bridgehead atoms. The first kappa shape index (κ1) is 15.8. The monoisotopic (exact) mass is 420 g/mol. The first-order valence-corrected chi connectivity index (χ1v) is 8.36. The molecule has 0 aliphatic rings. The van der Waals surface area contributed by atoms with Crippen molar-refractivity contribution in [1.29, 1.82) is 0 Å². The van der Waals surface area contributed by atoms with Gasteiger partial charge in [-0.15, -0.1) is 0 Å². The van der Waals surface area contributed by atoms with Gasteiger partial charge >= 0.3 is 0 Å². The summed E-state index contributed by atoms with van der Waals surface area (Å²) in [5.41, 5.74) is 2.71. The summed E-state index contributed by atoms with van der Waals surface area (Å²) in [6.07, 6.45) is 5.69. The molecular weight excluding hydrogens is 403 g/mol. The number of carbonyl (C=O) groups excluding carboxylic acids is 1. The minimum absolute atomic E-state index is 0.0938. The summed E-state index contributed by atoms with van der Waals surface area (Å²) in [5.74, 6) is -0.117. The molecule has 23 heavy (non-hydrogen) atoms. The highest BCUT2D eigenvalue weighted by Gasteiger charge is 2.18. The third-order valence-corrected chi connectivity index (χ3v) is 4.52. The number of amides is 1. The van der Waals surface area contributed by atoms with Crippen molar-refractivity contribution >= 4 is 28.5 Å². The van der Waals surface area contributed by atoms with Gasteiger partial charge in [-0.25, -0.2) is 0 Å². The zero-order valence-corrected chi connectivity index (χ0v) is 15.1. The van der Waals surface area contributed by atoms with Crippen LogP contribution in [-0.4, -0.2) is 20.3 Å². The Balaban J connectivity index is 1.80. The minimum Gasteiger partial charge on any atom is -0.344 e. The molecule has 0 fully saturated rings. The Morgan fingerprint density at radius 2 is 2.00 bits per heavy atom. The molecule has 5 nitrogen and oxygen atoms in total. The molecule has 3 rings (SSSR count). The number of hydrogen-bond acceptors (Lipinski definition) is 2. The lowest BCUT2D eigenvalue weighted by Gasteiger charge is -2.16. The van der Waals surface area contributed by atoms with E-state index < -0.39 is 0 Å².